The molecule has 0 aromatic carbocycles. The first-order valence-corrected chi connectivity index (χ1v) is 0. The maximum atomic E-state index is 0. The molecule has 0 atom stereocenters. The second kappa shape index (κ2) is 19.4. The molecule has 0 aliphatic carbocycles. The molecule has 0 unspecified atom stereocenters. The van der Waals surface area contributed by atoms with E-state index in [1.807, 2.05) is 0 Å². The first-order valence-electron chi connectivity index (χ1n) is 0. The normalized spacial score (nSPS) is 0. The van der Waals surface area contributed by atoms with Gasteiger partial charge in [-0.1, -0.05) is 0 Å². The summed E-state index contributed by atoms with van der Waals surface area (Å²) in [5.41, 5.74) is 0. The molecule has 0 N–H and O–H groups in total. The Bertz CT molecular complexity index is 3.25. The zero-order chi connectivity index (χ0) is 0. The Morgan fingerprint density at radius 3 is 0.500 bits per heavy atom. The third-order valence-electron chi connectivity index (χ3n) is 0. The van der Waals surface area contributed by atoms with Crippen LogP contribution in [0, 0.1) is 0 Å². The topological polar surface area (TPSA) is 0 Å². The van der Waals surface area contributed by atoms with Gasteiger partial charge in [0.1, 0.15) is 0 Å². The number of hydrogen-bond donors (Lipinski definition) is 0. The first kappa shape index (κ1) is 35.7. The Balaban J connectivity index is 0. The summed E-state index contributed by atoms with van der Waals surface area (Å²) in [6, 6.07) is 0. The molecule has 0 nitrogen and oxygen atoms in total. The minimum atomic E-state index is 0. The summed E-state index contributed by atoms with van der Waals surface area (Å²) in [5.74, 6) is 0. The van der Waals surface area contributed by atoms with Crippen LogP contribution in [0.4, 0.5) is 0 Å². The van der Waals surface area contributed by atoms with Crippen LogP contribution in [0.25, 0.3) is 0 Å². The van der Waals surface area contributed by atoms with E-state index in [1.54, 1.807) is 0 Å². The van der Waals surface area contributed by atoms with E-state index in [2.05, 4.69) is 0 Å². The summed E-state index contributed by atoms with van der Waals surface area (Å²) >= 11 is 0. The fourth-order valence-corrected chi connectivity index (χ4v) is 0. The van der Waals surface area contributed by atoms with E-state index in [9.17, 15) is 0 Å². The van der Waals surface area contributed by atoms with E-state index in [4.69, 9.17) is 0 Å². The molecule has 0 bridgehead atoms. The van der Waals surface area contributed by atoms with Gasteiger partial charge in [-0.15, -0.1) is 0 Å². The average Bonchev–Trinajstić information content (AvgIpc) is 0. The minimum Gasteiger partial charge on any atom is 0 e. The maximum Gasteiger partial charge on any atom is 0.187 e. The smallest absolute Gasteiger partial charge is 0 e. The molecule has 4 heteroatoms. The van der Waals surface area contributed by atoms with Gasteiger partial charge >= 0.3 is 0 Å². The second-order valence-corrected chi connectivity index (χ2v) is 0. The minimum absolute atomic E-state index is 0. The number of hydrogen-bond acceptors (Lipinski definition) is 0. The van der Waals surface area contributed by atoms with Crippen molar-refractivity contribution in [2.24, 2.45) is 0 Å². The zero-order valence-electron chi connectivity index (χ0n) is 0.354. The predicted molar refractivity (Wildman–Crippen MR) is 29.8 cm³/mol. The molecular formula is H9Al3Fe. The van der Waals surface area contributed by atoms with Crippen molar-refractivity contribution < 1.29 is 17.1 Å². The van der Waals surface area contributed by atoms with Gasteiger partial charge < -0.3 is 0 Å². The molecule has 4 heavy (non-hydrogen) atoms. The molecule has 0 spiro atoms. The van der Waals surface area contributed by atoms with Gasteiger partial charge in [-0.3, -0.25) is 0 Å². The van der Waals surface area contributed by atoms with E-state index < -0.39 is 0 Å². The summed E-state index contributed by atoms with van der Waals surface area (Å²) in [7, 11) is 0. The fraction of sp³-hybridized carbons (Fsp3) is 0. The van der Waals surface area contributed by atoms with Crippen molar-refractivity contribution in [1.29, 1.82) is 0 Å². The molecule has 0 saturated carbocycles. The molecule has 0 rings (SSSR count). The summed E-state index contributed by atoms with van der Waals surface area (Å²) < 4.78 is 0. The van der Waals surface area contributed by atoms with Crippen molar-refractivity contribution in [3.8, 4) is 0 Å². The van der Waals surface area contributed by atoms with Crippen LogP contribution < -0.4 is 0 Å². The van der Waals surface area contributed by atoms with Gasteiger partial charge in [-0.2, -0.15) is 0 Å². The molecule has 0 aliphatic rings. The second-order valence-electron chi connectivity index (χ2n) is 0. The van der Waals surface area contributed by atoms with Gasteiger partial charge in [0.05, 0.1) is 0 Å². The Labute approximate surface area is 68.6 Å². The third kappa shape index (κ3) is 8.93. The van der Waals surface area contributed by atoms with Gasteiger partial charge in [-0.05, 0) is 0 Å². The van der Waals surface area contributed by atoms with Crippen molar-refractivity contribution in [1.82, 2.24) is 0 Å². The van der Waals surface area contributed by atoms with Crippen molar-refractivity contribution in [3.05, 3.63) is 0 Å². The van der Waals surface area contributed by atoms with E-state index in [1.165, 1.54) is 0 Å². The molecule has 0 heterocycles. The monoisotopic (exact) mass is 146 g/mol. The van der Waals surface area contributed by atoms with Crippen LogP contribution in [0.1, 0.15) is 0 Å². The number of rotatable bonds is 0. The van der Waals surface area contributed by atoms with E-state index in [0.29, 0.717) is 0 Å². The van der Waals surface area contributed by atoms with Crippen LogP contribution in [0.3, 0.4) is 0 Å². The molecule has 0 aromatic rings. The molecular weight excluding hydrogens is 137 g/mol. The summed E-state index contributed by atoms with van der Waals surface area (Å²) in [6.45, 7) is 0. The predicted octanol–water partition coefficient (Wildman–Crippen LogP) is -3.55. The van der Waals surface area contributed by atoms with Crippen LogP contribution in [-0.2, 0) is 17.1 Å². The summed E-state index contributed by atoms with van der Waals surface area (Å²) in [5, 5.41) is 0. The molecule has 0 fully saturated rings. The van der Waals surface area contributed by atoms with Crippen molar-refractivity contribution in [2.75, 3.05) is 0 Å². The SMILES string of the molecule is [AlH3].[AlH3].[AlH3].[Fe]. The fourth-order valence-electron chi connectivity index (χ4n) is 0. The van der Waals surface area contributed by atoms with E-state index in [0.717, 1.165) is 0 Å². The van der Waals surface area contributed by atoms with Crippen LogP contribution in [0.2, 0.25) is 0 Å². The average molecular weight is 146 g/mol. The molecule has 0 saturated heterocycles. The Kier molecular flexibility index (Phi) is 173. The summed E-state index contributed by atoms with van der Waals surface area (Å²) in [4.78, 5) is 0. The van der Waals surface area contributed by atoms with Crippen molar-refractivity contribution in [3.63, 3.8) is 0 Å². The largest absolute Gasteiger partial charge is 0.187 e. The van der Waals surface area contributed by atoms with Crippen molar-refractivity contribution >= 4 is 52.1 Å². The Morgan fingerprint density at radius 2 is 0.500 bits per heavy atom. The molecule has 0 aliphatic heterocycles. The summed E-state index contributed by atoms with van der Waals surface area (Å²) in [6.07, 6.45) is 0. The molecule has 0 aromatic heterocycles. The van der Waals surface area contributed by atoms with Gasteiger partial charge in [0.2, 0.25) is 0 Å². The van der Waals surface area contributed by atoms with Gasteiger partial charge in [0.25, 0.3) is 0 Å². The zero-order valence-corrected chi connectivity index (χ0v) is 1.46. The van der Waals surface area contributed by atoms with Crippen LogP contribution >= 0.6 is 0 Å². The van der Waals surface area contributed by atoms with E-state index >= 15 is 0 Å². The first-order chi connectivity index (χ1) is 0. The van der Waals surface area contributed by atoms with Crippen LogP contribution in [-0.4, -0.2) is 52.1 Å². The van der Waals surface area contributed by atoms with Crippen LogP contribution in [0.15, 0.2) is 0 Å². The Morgan fingerprint density at radius 1 is 0.500 bits per heavy atom. The molecule has 0 radical (unpaired) electrons. The quantitative estimate of drug-likeness (QED) is 0.310. The van der Waals surface area contributed by atoms with Crippen molar-refractivity contribution in [2.45, 2.75) is 0 Å². The molecule has 0 amide bonds. The van der Waals surface area contributed by atoms with Gasteiger partial charge in [0.15, 0.2) is 52.1 Å². The van der Waals surface area contributed by atoms with E-state index in [-0.39, 0.29) is 69.2 Å². The van der Waals surface area contributed by atoms with Crippen LogP contribution in [0.5, 0.6) is 0 Å². The van der Waals surface area contributed by atoms with Gasteiger partial charge in [0, 0.05) is 17.1 Å². The maximum absolute atomic E-state index is 0. The Hall–Kier alpha value is 2.12. The standard InChI is InChI=1S/3Al.Fe.9H. The molecule has 26 valence electrons. The third-order valence-corrected chi connectivity index (χ3v) is 0. The van der Waals surface area contributed by atoms with Gasteiger partial charge in [-0.25, -0.2) is 0 Å².